The number of ether oxygens (including phenoxy) is 2. The molecular formula is C25H20N2O7. The van der Waals surface area contributed by atoms with E-state index in [0.717, 1.165) is 5.39 Å². The van der Waals surface area contributed by atoms with Crippen LogP contribution >= 0.6 is 0 Å². The van der Waals surface area contributed by atoms with Crippen LogP contribution in [0.4, 0.5) is 5.82 Å². The number of benzene rings is 2. The number of aliphatic hydroxyl groups is 1. The van der Waals surface area contributed by atoms with Gasteiger partial charge in [0.25, 0.3) is 5.91 Å². The Hall–Kier alpha value is -4.53. The van der Waals surface area contributed by atoms with Crippen molar-refractivity contribution in [2.24, 2.45) is 0 Å². The summed E-state index contributed by atoms with van der Waals surface area (Å²) in [6, 6.07) is 14.2. The Labute approximate surface area is 193 Å². The van der Waals surface area contributed by atoms with Crippen molar-refractivity contribution in [2.45, 2.75) is 13.0 Å². The van der Waals surface area contributed by atoms with Crippen LogP contribution in [0, 0.1) is 6.92 Å². The maximum Gasteiger partial charge on any atom is 0.295 e. The molecule has 9 nitrogen and oxygen atoms in total. The molecule has 1 amide bonds. The number of aryl methyl sites for hydroxylation is 1. The highest BCUT2D eigenvalue weighted by Crippen LogP contribution is 2.44. The van der Waals surface area contributed by atoms with Gasteiger partial charge in [-0.2, -0.15) is 0 Å². The monoisotopic (exact) mass is 460 g/mol. The molecule has 0 saturated carbocycles. The maximum absolute atomic E-state index is 13.6. The molecule has 1 aliphatic heterocycles. The molecule has 0 bridgehead atoms. The van der Waals surface area contributed by atoms with Crippen molar-refractivity contribution < 1.29 is 33.1 Å². The number of carbonyl (C=O) groups excluding carboxylic acids is 2. The summed E-state index contributed by atoms with van der Waals surface area (Å²) < 4.78 is 21.6. The smallest absolute Gasteiger partial charge is 0.295 e. The molecule has 9 heteroatoms. The summed E-state index contributed by atoms with van der Waals surface area (Å²) in [6.45, 7) is 1.68. The highest BCUT2D eigenvalue weighted by Gasteiger charge is 2.46. The number of nitrogens with zero attached hydrogens (tertiary/aromatic N) is 2. The number of fused-ring (bicyclic) bond motifs is 1. The Morgan fingerprint density at radius 3 is 2.50 bits per heavy atom. The predicted octanol–water partition coefficient (Wildman–Crippen LogP) is 4.53. The van der Waals surface area contributed by atoms with Gasteiger partial charge in [-0.25, -0.2) is 0 Å². The highest BCUT2D eigenvalue weighted by molar-refractivity contribution is 6.20. The number of ketones is 1. The zero-order chi connectivity index (χ0) is 24.0. The third-order valence-corrected chi connectivity index (χ3v) is 5.69. The molecule has 0 aliphatic carbocycles. The summed E-state index contributed by atoms with van der Waals surface area (Å²) >= 11 is 0. The zero-order valence-corrected chi connectivity index (χ0v) is 18.6. The highest BCUT2D eigenvalue weighted by atomic mass is 16.5. The van der Waals surface area contributed by atoms with Crippen LogP contribution in [-0.4, -0.2) is 36.2 Å². The van der Waals surface area contributed by atoms with Crippen molar-refractivity contribution in [3.05, 3.63) is 83.0 Å². The number of aliphatic hydroxyl groups excluding tert-OH is 1. The van der Waals surface area contributed by atoms with Gasteiger partial charge in [0.1, 0.15) is 11.3 Å². The van der Waals surface area contributed by atoms with Crippen LogP contribution < -0.4 is 14.4 Å². The second-order valence-electron chi connectivity index (χ2n) is 7.73. The number of hydrogen-bond donors (Lipinski definition) is 1. The van der Waals surface area contributed by atoms with E-state index in [2.05, 4.69) is 5.16 Å². The number of furan rings is 1. The molecule has 0 radical (unpaired) electrons. The van der Waals surface area contributed by atoms with E-state index in [1.165, 1.54) is 19.1 Å². The number of hydrogen-bond acceptors (Lipinski definition) is 8. The molecule has 172 valence electrons. The summed E-state index contributed by atoms with van der Waals surface area (Å²) in [6.07, 6.45) is 0. The summed E-state index contributed by atoms with van der Waals surface area (Å²) in [5.41, 5.74) is 0.869. The van der Waals surface area contributed by atoms with Gasteiger partial charge < -0.3 is 23.5 Å². The topological polar surface area (TPSA) is 115 Å². The van der Waals surface area contributed by atoms with Gasteiger partial charge in [-0.1, -0.05) is 29.4 Å². The first-order valence-electron chi connectivity index (χ1n) is 10.4. The minimum absolute atomic E-state index is 0.000731. The van der Waals surface area contributed by atoms with Crippen LogP contribution in [0.3, 0.4) is 0 Å². The number of carbonyl (C=O) groups is 2. The third kappa shape index (κ3) is 3.29. The lowest BCUT2D eigenvalue weighted by Crippen LogP contribution is -2.31. The second-order valence-corrected chi connectivity index (χ2v) is 7.73. The van der Waals surface area contributed by atoms with Crippen LogP contribution in [0.1, 0.15) is 27.9 Å². The molecule has 34 heavy (non-hydrogen) atoms. The van der Waals surface area contributed by atoms with Crippen molar-refractivity contribution in [3.8, 4) is 11.5 Å². The molecule has 0 fully saturated rings. The number of anilines is 1. The molecule has 2 aromatic carbocycles. The molecule has 5 rings (SSSR count). The fourth-order valence-corrected chi connectivity index (χ4v) is 4.11. The van der Waals surface area contributed by atoms with E-state index < -0.39 is 23.5 Å². The number of methoxy groups -OCH3 is 2. The lowest BCUT2D eigenvalue weighted by Gasteiger charge is -2.24. The van der Waals surface area contributed by atoms with Crippen molar-refractivity contribution in [1.29, 1.82) is 0 Å². The summed E-state index contributed by atoms with van der Waals surface area (Å²) in [7, 11) is 2.98. The van der Waals surface area contributed by atoms with Gasteiger partial charge in [0.15, 0.2) is 28.8 Å². The van der Waals surface area contributed by atoms with Gasteiger partial charge in [0.05, 0.1) is 25.8 Å². The fraction of sp³-hybridized carbons (Fsp3) is 0.160. The molecular weight excluding hydrogens is 440 g/mol. The van der Waals surface area contributed by atoms with Crippen molar-refractivity contribution in [2.75, 3.05) is 19.1 Å². The van der Waals surface area contributed by atoms with E-state index in [1.54, 1.807) is 55.5 Å². The molecule has 2 aromatic heterocycles. The first kappa shape index (κ1) is 21.3. The van der Waals surface area contributed by atoms with Crippen molar-refractivity contribution in [1.82, 2.24) is 5.16 Å². The molecule has 4 aromatic rings. The van der Waals surface area contributed by atoms with Gasteiger partial charge in [-0.3, -0.25) is 14.5 Å². The number of rotatable bonds is 6. The van der Waals surface area contributed by atoms with Gasteiger partial charge in [0, 0.05) is 11.5 Å². The largest absolute Gasteiger partial charge is 0.503 e. The van der Waals surface area contributed by atoms with Gasteiger partial charge in [-0.15, -0.1) is 0 Å². The number of aromatic nitrogens is 1. The summed E-state index contributed by atoms with van der Waals surface area (Å²) in [4.78, 5) is 28.0. The average molecular weight is 460 g/mol. The lowest BCUT2D eigenvalue weighted by atomic mass is 9.94. The number of Topliss-reactive ketones (excluding diaryl/α,β-unsaturated/α-hetero) is 1. The fourth-order valence-electron chi connectivity index (χ4n) is 4.11. The van der Waals surface area contributed by atoms with Crippen LogP contribution in [0.15, 0.2) is 74.9 Å². The van der Waals surface area contributed by atoms with E-state index in [-0.39, 0.29) is 17.2 Å². The predicted molar refractivity (Wildman–Crippen MR) is 121 cm³/mol. The Bertz CT molecular complexity index is 1430. The molecule has 3 heterocycles. The summed E-state index contributed by atoms with van der Waals surface area (Å²) in [5.74, 6) is -0.614. The first-order chi connectivity index (χ1) is 16.4. The standard InChI is InChI=1S/C25H20N2O7/c1-13-10-20(26-34-13)27-22(15-8-9-17(31-2)18(12-15)32-3)21(24(29)25(27)30)23(28)19-11-14-6-4-5-7-16(14)33-19/h4-12,22,29H,1-3H3. The average Bonchev–Trinajstić information content (AvgIpc) is 3.54. The SMILES string of the molecule is COc1ccc(C2C(C(=O)c3cc4ccccc4o3)=C(O)C(=O)N2c2cc(C)on2)cc1OC. The zero-order valence-electron chi connectivity index (χ0n) is 18.6. The molecule has 0 spiro atoms. The Morgan fingerprint density at radius 1 is 1.06 bits per heavy atom. The second kappa shape index (κ2) is 8.11. The summed E-state index contributed by atoms with van der Waals surface area (Å²) in [5, 5.41) is 15.5. The van der Waals surface area contributed by atoms with E-state index >= 15 is 0 Å². The minimum Gasteiger partial charge on any atom is -0.503 e. The van der Waals surface area contributed by atoms with Gasteiger partial charge in [-0.05, 0) is 36.8 Å². The number of para-hydroxylation sites is 1. The Kier molecular flexibility index (Phi) is 5.09. The van der Waals surface area contributed by atoms with Crippen molar-refractivity contribution in [3.63, 3.8) is 0 Å². The number of amides is 1. The Balaban J connectivity index is 1.68. The van der Waals surface area contributed by atoms with E-state index in [0.29, 0.717) is 28.4 Å². The molecule has 1 unspecified atom stereocenters. The van der Waals surface area contributed by atoms with E-state index in [4.69, 9.17) is 18.4 Å². The lowest BCUT2D eigenvalue weighted by molar-refractivity contribution is -0.117. The quantitative estimate of drug-likeness (QED) is 0.417. The van der Waals surface area contributed by atoms with Crippen LogP contribution in [0.5, 0.6) is 11.5 Å². The van der Waals surface area contributed by atoms with Crippen LogP contribution in [0.2, 0.25) is 0 Å². The van der Waals surface area contributed by atoms with E-state index in [1.807, 2.05) is 6.07 Å². The molecule has 1 N–H and O–H groups in total. The van der Waals surface area contributed by atoms with Gasteiger partial charge in [0.2, 0.25) is 5.78 Å². The Morgan fingerprint density at radius 2 is 1.82 bits per heavy atom. The maximum atomic E-state index is 13.6. The normalized spacial score (nSPS) is 15.9. The molecule has 0 saturated heterocycles. The minimum atomic E-state index is -1.02. The van der Waals surface area contributed by atoms with E-state index in [9.17, 15) is 14.7 Å². The van der Waals surface area contributed by atoms with Crippen LogP contribution in [-0.2, 0) is 4.79 Å². The van der Waals surface area contributed by atoms with Crippen LogP contribution in [0.25, 0.3) is 11.0 Å². The third-order valence-electron chi connectivity index (χ3n) is 5.69. The van der Waals surface area contributed by atoms with Crippen molar-refractivity contribution >= 4 is 28.5 Å². The first-order valence-corrected chi connectivity index (χ1v) is 10.4. The van der Waals surface area contributed by atoms with Gasteiger partial charge >= 0.3 is 0 Å². The molecule has 1 atom stereocenters. The molecule has 1 aliphatic rings.